The maximum atomic E-state index is 11.2. The molecule has 5 aliphatic heterocycles. The lowest BCUT2D eigenvalue weighted by Crippen LogP contribution is -2.30. The van der Waals surface area contributed by atoms with E-state index in [0.717, 1.165) is 53.1 Å². The minimum Gasteiger partial charge on any atom is -0.451 e. The number of carbonyl (C=O) groups is 10. The predicted octanol–water partition coefficient (Wildman–Crippen LogP) is 2.13. The van der Waals surface area contributed by atoms with E-state index in [4.69, 9.17) is 47.4 Å². The Morgan fingerprint density at radius 3 is 0.737 bits per heavy atom. The Balaban J connectivity index is 0.000000475. The first kappa shape index (κ1) is 69.0. The van der Waals surface area contributed by atoms with E-state index < -0.39 is 124 Å². The lowest BCUT2D eigenvalue weighted by atomic mass is 10.4. The summed E-state index contributed by atoms with van der Waals surface area (Å²) >= 11 is 8.24. The smallest absolute Gasteiger partial charge is 0.346 e. The second-order valence-corrected chi connectivity index (χ2v) is 19.7. The van der Waals surface area contributed by atoms with Crippen LogP contribution in [-0.4, -0.2) is 215 Å². The van der Waals surface area contributed by atoms with Gasteiger partial charge in [-0.05, 0) is 6.92 Å². The van der Waals surface area contributed by atoms with Gasteiger partial charge in [-0.1, -0.05) is 32.9 Å². The number of carbonyl (C=O) groups excluding carboxylic acids is 10. The van der Waals surface area contributed by atoms with Crippen LogP contribution in [0.25, 0.3) is 0 Å². The Labute approximate surface area is 460 Å². The average molecular weight is 1180 g/mol. The molecule has 0 spiro atoms. The van der Waals surface area contributed by atoms with E-state index in [1.165, 1.54) is 6.92 Å². The van der Waals surface area contributed by atoms with Crippen LogP contribution in [0.2, 0.25) is 0 Å². The maximum Gasteiger partial charge on any atom is 0.346 e. The SMILES string of the molecule is C=C(C)C(=O)OCC(=O)OC1CSCCO1.C=CC(=O)OCC(=O)OC1CSCCO1.C=CC(=O)OCC(=O)OC1CSCCO1.C=CC(=O)OCC(=O)OC1CSCCO1.C=CC(=O)OCC(=O)OC1CSCCO1. The molecule has 5 saturated heterocycles. The van der Waals surface area contributed by atoms with E-state index in [2.05, 4.69) is 56.6 Å². The highest BCUT2D eigenvalue weighted by Crippen LogP contribution is 2.17. The fourth-order valence-electron chi connectivity index (χ4n) is 4.58. The normalized spacial score (nSPS) is 20.3. The van der Waals surface area contributed by atoms with Gasteiger partial charge in [0.15, 0.2) is 33.0 Å². The van der Waals surface area contributed by atoms with Crippen molar-refractivity contribution in [3.05, 3.63) is 62.8 Å². The second kappa shape index (κ2) is 44.0. The van der Waals surface area contributed by atoms with Gasteiger partial charge in [-0.25, -0.2) is 47.9 Å². The molecule has 5 unspecified atom stereocenters. The van der Waals surface area contributed by atoms with E-state index in [1.54, 1.807) is 58.8 Å². The number of ether oxygens (including phenoxy) is 15. The van der Waals surface area contributed by atoms with Crippen LogP contribution in [0.5, 0.6) is 0 Å². The minimum absolute atomic E-state index is 0.247. The average Bonchev–Trinajstić information content (AvgIpc) is 3.43. The number of esters is 10. The highest BCUT2D eigenvalue weighted by molar-refractivity contribution is 8.00. The van der Waals surface area contributed by atoms with Crippen LogP contribution in [-0.2, 0) is 119 Å². The topological polar surface area (TPSA) is 309 Å². The van der Waals surface area contributed by atoms with Gasteiger partial charge in [-0.15, -0.1) is 0 Å². The summed E-state index contributed by atoms with van der Waals surface area (Å²) < 4.78 is 72.9. The third-order valence-electron chi connectivity index (χ3n) is 7.91. The molecule has 25 nitrogen and oxygen atoms in total. The van der Waals surface area contributed by atoms with Crippen molar-refractivity contribution < 1.29 is 119 Å². The summed E-state index contributed by atoms with van der Waals surface area (Å²) in [6.45, 7) is 18.5. The third-order valence-corrected chi connectivity index (χ3v) is 12.7. The molecule has 0 saturated carbocycles. The minimum atomic E-state index is -0.647. The molecule has 5 atom stereocenters. The number of hydrogen-bond donors (Lipinski definition) is 0. The van der Waals surface area contributed by atoms with Gasteiger partial charge in [0.05, 0.1) is 61.8 Å². The summed E-state index contributed by atoms with van der Waals surface area (Å²) in [4.78, 5) is 109. The van der Waals surface area contributed by atoms with Crippen LogP contribution in [0.1, 0.15) is 6.92 Å². The van der Waals surface area contributed by atoms with E-state index in [0.29, 0.717) is 61.8 Å². The predicted molar refractivity (Wildman–Crippen MR) is 276 cm³/mol. The molecule has 5 fully saturated rings. The molecule has 0 radical (unpaired) electrons. The maximum absolute atomic E-state index is 11.2. The van der Waals surface area contributed by atoms with Crippen LogP contribution in [0.15, 0.2) is 62.8 Å². The molecule has 0 N–H and O–H groups in total. The number of thioether (sulfide) groups is 5. The lowest BCUT2D eigenvalue weighted by molar-refractivity contribution is -0.180. The van der Waals surface area contributed by atoms with Crippen molar-refractivity contribution in [3.8, 4) is 0 Å². The fourth-order valence-corrected chi connectivity index (χ4v) is 8.27. The Kier molecular flexibility index (Phi) is 39.9. The highest BCUT2D eigenvalue weighted by atomic mass is 32.2. The molecule has 76 heavy (non-hydrogen) atoms. The van der Waals surface area contributed by atoms with Crippen LogP contribution >= 0.6 is 58.8 Å². The molecule has 0 aromatic heterocycles. The molecule has 5 heterocycles. The van der Waals surface area contributed by atoms with Crippen molar-refractivity contribution in [2.45, 2.75) is 38.4 Å². The quantitative estimate of drug-likeness (QED) is 0.0957. The molecule has 0 bridgehead atoms. The first-order valence-corrected chi connectivity index (χ1v) is 28.2. The van der Waals surface area contributed by atoms with E-state index in [-0.39, 0.29) is 5.57 Å². The summed E-state index contributed by atoms with van der Waals surface area (Å²) in [5, 5.41) is 0. The summed E-state index contributed by atoms with van der Waals surface area (Å²) in [6, 6.07) is 0. The lowest BCUT2D eigenvalue weighted by Gasteiger charge is -2.21. The fraction of sp³-hybridized carbons (Fsp3) is 0.565. The summed E-state index contributed by atoms with van der Waals surface area (Å²) in [5.41, 5.74) is 0.247. The molecule has 0 aromatic rings. The van der Waals surface area contributed by atoms with Crippen LogP contribution in [0, 0.1) is 0 Å². The second-order valence-electron chi connectivity index (χ2n) is 13.9. The zero-order valence-electron chi connectivity index (χ0n) is 41.6. The van der Waals surface area contributed by atoms with Crippen LogP contribution in [0.4, 0.5) is 0 Å². The van der Waals surface area contributed by atoms with Gasteiger partial charge >= 0.3 is 59.7 Å². The Morgan fingerprint density at radius 2 is 0.579 bits per heavy atom. The summed E-state index contributed by atoms with van der Waals surface area (Å²) in [6.07, 6.45) is 1.30. The first-order valence-electron chi connectivity index (χ1n) is 22.4. The summed E-state index contributed by atoms with van der Waals surface area (Å²) in [7, 11) is 0. The van der Waals surface area contributed by atoms with Crippen molar-refractivity contribution in [3.63, 3.8) is 0 Å². The molecule has 5 aliphatic rings. The van der Waals surface area contributed by atoms with Gasteiger partial charge in [0.2, 0.25) is 31.5 Å². The third kappa shape index (κ3) is 37.7. The monoisotopic (exact) mass is 1170 g/mol. The molecule has 426 valence electrons. The van der Waals surface area contributed by atoms with Crippen molar-refractivity contribution in [2.75, 3.05) is 124 Å². The van der Waals surface area contributed by atoms with Crippen LogP contribution in [0.3, 0.4) is 0 Å². The van der Waals surface area contributed by atoms with E-state index in [1.807, 2.05) is 0 Å². The Morgan fingerprint density at radius 1 is 0.382 bits per heavy atom. The van der Waals surface area contributed by atoms with Gasteiger partial charge in [0, 0.05) is 58.6 Å². The van der Waals surface area contributed by atoms with Crippen LogP contribution < -0.4 is 0 Å². The van der Waals surface area contributed by atoms with Crippen molar-refractivity contribution in [1.29, 1.82) is 0 Å². The summed E-state index contributed by atoms with van der Waals surface area (Å²) in [5.74, 6) is 1.32. The van der Waals surface area contributed by atoms with Gasteiger partial charge in [-0.2, -0.15) is 58.8 Å². The molecule has 5 rings (SSSR count). The molecule has 30 heteroatoms. The molecular weight excluding hydrogens is 1110 g/mol. The molecule has 0 aromatic carbocycles. The first-order chi connectivity index (χ1) is 36.5. The molecule has 0 aliphatic carbocycles. The van der Waals surface area contributed by atoms with Gasteiger partial charge in [0.1, 0.15) is 0 Å². The molecular formula is C46H62O25S5. The Bertz CT molecular complexity index is 1680. The van der Waals surface area contributed by atoms with Crippen molar-refractivity contribution >= 4 is 119 Å². The zero-order valence-corrected chi connectivity index (χ0v) is 45.7. The number of hydrogen-bond acceptors (Lipinski definition) is 30. The van der Waals surface area contributed by atoms with E-state index >= 15 is 0 Å². The zero-order chi connectivity index (χ0) is 56.4. The molecule has 0 amide bonds. The van der Waals surface area contributed by atoms with E-state index in [9.17, 15) is 47.9 Å². The van der Waals surface area contributed by atoms with Crippen molar-refractivity contribution in [1.82, 2.24) is 0 Å². The van der Waals surface area contributed by atoms with Crippen molar-refractivity contribution in [2.24, 2.45) is 0 Å². The van der Waals surface area contributed by atoms with Gasteiger partial charge in [0.25, 0.3) is 0 Å². The largest absolute Gasteiger partial charge is 0.451 e. The highest BCUT2D eigenvalue weighted by Gasteiger charge is 2.23. The Hall–Kier alpha value is -5.05. The van der Waals surface area contributed by atoms with Gasteiger partial charge < -0.3 is 71.1 Å². The van der Waals surface area contributed by atoms with Gasteiger partial charge in [-0.3, -0.25) is 0 Å². The number of rotatable bonds is 20. The standard InChI is InChI=1S/C10H14O5S.4C9H12O5S/c1-7(2)10(12)14-5-8(11)15-9-6-16-4-3-13-9;4*1-2-7(10)13-5-8(11)14-9-6-15-4-3-12-9/h9H,1,3-6H2,2H3;4*2,9H,1,3-6H2.